The standard InChI is InChI=1S/C31H42N4O/c1-23(2)16-18-34(22-30-32-28-12-4-5-13-29(28)35(30)21-25-14-15-25)31(36)27-11-8-10-26(19-27)20-33-17-7-6-9-24(33)3/h4-5,8,10-13,19,23-25H,6-7,9,14-18,20-22H2,1-3H3. The van der Waals surface area contributed by atoms with E-state index in [9.17, 15) is 4.79 Å². The molecule has 2 fully saturated rings. The molecule has 5 nitrogen and oxygen atoms in total. The molecule has 0 N–H and O–H groups in total. The maximum atomic E-state index is 13.9. The van der Waals surface area contributed by atoms with Gasteiger partial charge in [0.1, 0.15) is 5.82 Å². The molecule has 1 saturated carbocycles. The second-order valence-electron chi connectivity index (χ2n) is 11.5. The number of piperidine rings is 1. The first-order chi connectivity index (χ1) is 17.5. The second-order valence-corrected chi connectivity index (χ2v) is 11.5. The Hall–Kier alpha value is -2.66. The number of carbonyl (C=O) groups excluding carboxylic acids is 1. The molecular formula is C31H42N4O. The van der Waals surface area contributed by atoms with Gasteiger partial charge in [0.05, 0.1) is 17.6 Å². The number of imidazole rings is 1. The molecule has 1 amide bonds. The Morgan fingerprint density at radius 3 is 2.69 bits per heavy atom. The summed E-state index contributed by atoms with van der Waals surface area (Å²) in [6.45, 7) is 11.2. The lowest BCUT2D eigenvalue weighted by Crippen LogP contribution is -2.37. The first kappa shape index (κ1) is 25.0. The molecular weight excluding hydrogens is 444 g/mol. The summed E-state index contributed by atoms with van der Waals surface area (Å²) in [6.07, 6.45) is 7.44. The number of likely N-dealkylation sites (tertiary alicyclic amines) is 1. The minimum Gasteiger partial charge on any atom is -0.331 e. The smallest absolute Gasteiger partial charge is 0.254 e. The van der Waals surface area contributed by atoms with Crippen LogP contribution in [-0.2, 0) is 19.6 Å². The topological polar surface area (TPSA) is 41.4 Å². The quantitative estimate of drug-likeness (QED) is 0.328. The fourth-order valence-electron chi connectivity index (χ4n) is 5.46. The summed E-state index contributed by atoms with van der Waals surface area (Å²) in [6, 6.07) is 17.4. The van der Waals surface area contributed by atoms with Crippen molar-refractivity contribution in [1.82, 2.24) is 19.4 Å². The van der Waals surface area contributed by atoms with E-state index in [1.54, 1.807) is 0 Å². The maximum absolute atomic E-state index is 13.9. The molecule has 5 rings (SSSR count). The van der Waals surface area contributed by atoms with Crippen LogP contribution in [0.25, 0.3) is 11.0 Å². The predicted octanol–water partition coefficient (Wildman–Crippen LogP) is 6.51. The van der Waals surface area contributed by atoms with Crippen LogP contribution in [0.5, 0.6) is 0 Å². The lowest BCUT2D eigenvalue weighted by molar-refractivity contribution is 0.0729. The Labute approximate surface area is 216 Å². The van der Waals surface area contributed by atoms with E-state index in [4.69, 9.17) is 4.98 Å². The lowest BCUT2D eigenvalue weighted by atomic mass is 10.0. The monoisotopic (exact) mass is 486 g/mol. The zero-order valence-electron chi connectivity index (χ0n) is 22.3. The van der Waals surface area contributed by atoms with Crippen LogP contribution in [-0.4, -0.2) is 44.4 Å². The number of para-hydroxylation sites is 2. The number of rotatable bonds is 10. The van der Waals surface area contributed by atoms with Gasteiger partial charge in [0.25, 0.3) is 5.91 Å². The molecule has 0 spiro atoms. The van der Waals surface area contributed by atoms with Gasteiger partial charge in [-0.15, -0.1) is 0 Å². The minimum atomic E-state index is 0.120. The summed E-state index contributed by atoms with van der Waals surface area (Å²) < 4.78 is 2.37. The lowest BCUT2D eigenvalue weighted by Gasteiger charge is -2.33. The van der Waals surface area contributed by atoms with Crippen molar-refractivity contribution in [1.29, 1.82) is 0 Å². The Bertz CT molecular complexity index is 1180. The highest BCUT2D eigenvalue weighted by molar-refractivity contribution is 5.94. The van der Waals surface area contributed by atoms with E-state index in [1.807, 2.05) is 11.0 Å². The van der Waals surface area contributed by atoms with Gasteiger partial charge in [-0.05, 0) is 87.2 Å². The number of carbonyl (C=O) groups is 1. The Kier molecular flexibility index (Phi) is 7.76. The molecule has 3 aromatic rings. The molecule has 36 heavy (non-hydrogen) atoms. The van der Waals surface area contributed by atoms with Crippen molar-refractivity contribution in [3.63, 3.8) is 0 Å². The zero-order valence-corrected chi connectivity index (χ0v) is 22.3. The third kappa shape index (κ3) is 6.00. The van der Waals surface area contributed by atoms with E-state index in [1.165, 1.54) is 43.2 Å². The molecule has 192 valence electrons. The van der Waals surface area contributed by atoms with E-state index >= 15 is 0 Å². The normalized spacial score (nSPS) is 18.7. The molecule has 1 aliphatic carbocycles. The highest BCUT2D eigenvalue weighted by Gasteiger charge is 2.26. The SMILES string of the molecule is CC(C)CCN(Cc1nc2ccccc2n1CC1CC1)C(=O)c1cccc(CN2CCCCC2C)c1. The molecule has 5 heteroatoms. The first-order valence-corrected chi connectivity index (χ1v) is 14.0. The molecule has 1 saturated heterocycles. The number of hydrogen-bond donors (Lipinski definition) is 0. The van der Waals surface area contributed by atoms with Gasteiger partial charge in [0.15, 0.2) is 0 Å². The van der Waals surface area contributed by atoms with Crippen molar-refractivity contribution in [3.05, 3.63) is 65.5 Å². The zero-order chi connectivity index (χ0) is 25.1. The number of amides is 1. The van der Waals surface area contributed by atoms with E-state index in [0.29, 0.717) is 18.5 Å². The molecule has 0 bridgehead atoms. The second kappa shape index (κ2) is 11.2. The Morgan fingerprint density at radius 1 is 1.08 bits per heavy atom. The molecule has 2 aromatic carbocycles. The highest BCUT2D eigenvalue weighted by atomic mass is 16.2. The average molecular weight is 487 g/mol. The predicted molar refractivity (Wildman–Crippen MR) is 147 cm³/mol. The van der Waals surface area contributed by atoms with Gasteiger partial charge in [-0.2, -0.15) is 0 Å². The summed E-state index contributed by atoms with van der Waals surface area (Å²) in [7, 11) is 0. The number of aromatic nitrogens is 2. The van der Waals surface area contributed by atoms with Gasteiger partial charge in [0.2, 0.25) is 0 Å². The van der Waals surface area contributed by atoms with E-state index in [-0.39, 0.29) is 5.91 Å². The summed E-state index contributed by atoms with van der Waals surface area (Å²) in [5.74, 6) is 2.42. The van der Waals surface area contributed by atoms with Crippen LogP contribution >= 0.6 is 0 Å². The van der Waals surface area contributed by atoms with Crippen molar-refractivity contribution in [2.45, 2.75) is 85.0 Å². The molecule has 1 aromatic heterocycles. The van der Waals surface area contributed by atoms with Gasteiger partial charge < -0.3 is 9.47 Å². The van der Waals surface area contributed by atoms with Crippen molar-refractivity contribution in [2.24, 2.45) is 11.8 Å². The molecule has 0 radical (unpaired) electrons. The summed E-state index contributed by atoms with van der Waals surface area (Å²) in [5, 5.41) is 0. The van der Waals surface area contributed by atoms with Crippen LogP contribution in [0, 0.1) is 11.8 Å². The number of fused-ring (bicyclic) bond motifs is 1. The van der Waals surface area contributed by atoms with Gasteiger partial charge in [-0.1, -0.05) is 44.5 Å². The number of hydrogen-bond acceptors (Lipinski definition) is 3. The number of nitrogens with zero attached hydrogens (tertiary/aromatic N) is 4. The third-order valence-corrected chi connectivity index (χ3v) is 7.97. The fraction of sp³-hybridized carbons (Fsp3) is 0.548. The molecule has 1 atom stereocenters. The van der Waals surface area contributed by atoms with Gasteiger partial charge in [-0.25, -0.2) is 4.98 Å². The summed E-state index contributed by atoms with van der Waals surface area (Å²) >= 11 is 0. The molecule has 1 aliphatic heterocycles. The molecule has 2 heterocycles. The number of benzene rings is 2. The van der Waals surface area contributed by atoms with Crippen molar-refractivity contribution in [3.8, 4) is 0 Å². The van der Waals surface area contributed by atoms with E-state index in [2.05, 4.69) is 72.7 Å². The summed E-state index contributed by atoms with van der Waals surface area (Å²) in [4.78, 5) is 23.5. The third-order valence-electron chi connectivity index (χ3n) is 7.97. The van der Waals surface area contributed by atoms with Crippen LogP contribution in [0.2, 0.25) is 0 Å². The van der Waals surface area contributed by atoms with Crippen LogP contribution in [0.15, 0.2) is 48.5 Å². The van der Waals surface area contributed by atoms with E-state index < -0.39 is 0 Å². The van der Waals surface area contributed by atoms with Crippen LogP contribution in [0.4, 0.5) is 0 Å². The molecule has 1 unspecified atom stereocenters. The van der Waals surface area contributed by atoms with Gasteiger partial charge in [-0.3, -0.25) is 9.69 Å². The van der Waals surface area contributed by atoms with Crippen molar-refractivity contribution >= 4 is 16.9 Å². The van der Waals surface area contributed by atoms with Crippen LogP contribution < -0.4 is 0 Å². The Morgan fingerprint density at radius 2 is 1.92 bits per heavy atom. The average Bonchev–Trinajstić information content (AvgIpc) is 3.64. The fourth-order valence-corrected chi connectivity index (χ4v) is 5.46. The highest BCUT2D eigenvalue weighted by Crippen LogP contribution is 2.33. The minimum absolute atomic E-state index is 0.120. The maximum Gasteiger partial charge on any atom is 0.254 e. The first-order valence-electron chi connectivity index (χ1n) is 14.0. The van der Waals surface area contributed by atoms with Crippen LogP contribution in [0.1, 0.15) is 81.0 Å². The van der Waals surface area contributed by atoms with Crippen LogP contribution in [0.3, 0.4) is 0 Å². The summed E-state index contributed by atoms with van der Waals surface area (Å²) in [5.41, 5.74) is 4.25. The largest absolute Gasteiger partial charge is 0.331 e. The van der Waals surface area contributed by atoms with Crippen molar-refractivity contribution < 1.29 is 4.79 Å². The van der Waals surface area contributed by atoms with Gasteiger partial charge in [0, 0.05) is 31.2 Å². The van der Waals surface area contributed by atoms with Gasteiger partial charge >= 0.3 is 0 Å². The van der Waals surface area contributed by atoms with Crippen molar-refractivity contribution in [2.75, 3.05) is 13.1 Å². The Balaban J connectivity index is 1.39. The molecule has 2 aliphatic rings. The van der Waals surface area contributed by atoms with E-state index in [0.717, 1.165) is 55.4 Å².